The number of carbonyl (C=O) groups is 1. The summed E-state index contributed by atoms with van der Waals surface area (Å²) in [4.78, 5) is 14.3. The van der Waals surface area contributed by atoms with Gasteiger partial charge in [0.15, 0.2) is 0 Å². The average Bonchev–Trinajstić information content (AvgIpc) is 2.31. The van der Waals surface area contributed by atoms with Crippen molar-refractivity contribution in [2.75, 3.05) is 4.90 Å². The molecule has 0 heterocycles. The van der Waals surface area contributed by atoms with Gasteiger partial charge in [0, 0.05) is 18.2 Å². The minimum atomic E-state index is -0.318. The highest BCUT2D eigenvalue weighted by Gasteiger charge is 2.25. The largest absolute Gasteiger partial charge is 0.310 e. The molecule has 0 saturated heterocycles. The lowest BCUT2D eigenvalue weighted by molar-refractivity contribution is -0.120. The number of carbonyl (C=O) groups excluding carboxylic acids is 1. The zero-order valence-electron chi connectivity index (χ0n) is 12.8. The first-order valence-corrected chi connectivity index (χ1v) is 7.72. The van der Waals surface area contributed by atoms with Crippen molar-refractivity contribution in [2.24, 2.45) is 5.41 Å². The molecule has 0 aliphatic rings. The Morgan fingerprint density at radius 2 is 2.00 bits per heavy atom. The Morgan fingerprint density at radius 1 is 1.40 bits per heavy atom. The molecule has 1 unspecified atom stereocenters. The fraction of sp³-hybridized carbons (Fsp3) is 0.562. The van der Waals surface area contributed by atoms with E-state index in [1.54, 1.807) is 17.0 Å². The summed E-state index contributed by atoms with van der Waals surface area (Å²) in [6.07, 6.45) is 1.32. The first kappa shape index (κ1) is 17.2. The summed E-state index contributed by atoms with van der Waals surface area (Å²) in [5, 5.41) is 0. The van der Waals surface area contributed by atoms with E-state index in [0.717, 1.165) is 12.1 Å². The summed E-state index contributed by atoms with van der Waals surface area (Å²) in [5.74, 6) is -0.244. The molecule has 1 aromatic rings. The van der Waals surface area contributed by atoms with Crippen molar-refractivity contribution in [1.29, 1.82) is 0 Å². The fourth-order valence-electron chi connectivity index (χ4n) is 2.00. The number of halogens is 2. The molecule has 0 saturated carbocycles. The van der Waals surface area contributed by atoms with Gasteiger partial charge in [-0.1, -0.05) is 27.7 Å². The Bertz CT molecular complexity index is 482. The van der Waals surface area contributed by atoms with E-state index in [1.807, 2.05) is 34.6 Å². The van der Waals surface area contributed by atoms with Gasteiger partial charge in [-0.25, -0.2) is 4.39 Å². The molecular weight excluding hydrogens is 321 g/mol. The van der Waals surface area contributed by atoms with Gasteiger partial charge in [-0.05, 0) is 52.9 Å². The van der Waals surface area contributed by atoms with Crippen molar-refractivity contribution in [3.05, 3.63) is 28.5 Å². The molecule has 1 rings (SSSR count). The second kappa shape index (κ2) is 6.70. The average molecular weight is 344 g/mol. The van der Waals surface area contributed by atoms with Crippen molar-refractivity contribution in [3.8, 4) is 0 Å². The van der Waals surface area contributed by atoms with Gasteiger partial charge >= 0.3 is 0 Å². The molecule has 1 amide bonds. The van der Waals surface area contributed by atoms with Crippen LogP contribution in [-0.4, -0.2) is 11.9 Å². The van der Waals surface area contributed by atoms with Crippen molar-refractivity contribution < 1.29 is 9.18 Å². The zero-order valence-corrected chi connectivity index (χ0v) is 14.4. The Labute approximate surface area is 129 Å². The monoisotopic (exact) mass is 343 g/mol. The molecule has 0 N–H and O–H groups in total. The lowest BCUT2D eigenvalue weighted by Gasteiger charge is -2.31. The van der Waals surface area contributed by atoms with Crippen LogP contribution < -0.4 is 4.90 Å². The van der Waals surface area contributed by atoms with Crippen LogP contribution in [0.15, 0.2) is 22.7 Å². The van der Waals surface area contributed by atoms with E-state index < -0.39 is 0 Å². The third kappa shape index (κ3) is 4.58. The second-order valence-corrected chi connectivity index (χ2v) is 7.21. The highest BCUT2D eigenvalue weighted by Crippen LogP contribution is 2.28. The topological polar surface area (TPSA) is 20.3 Å². The SMILES string of the molecule is CCC(C)N(C(=O)CC(C)(C)C)c1ccc(F)c(Br)c1. The van der Waals surface area contributed by atoms with E-state index >= 15 is 0 Å². The van der Waals surface area contributed by atoms with Crippen molar-refractivity contribution in [2.45, 2.75) is 53.5 Å². The van der Waals surface area contributed by atoms with Gasteiger partial charge < -0.3 is 4.90 Å². The molecule has 0 aliphatic heterocycles. The van der Waals surface area contributed by atoms with Gasteiger partial charge in [0.25, 0.3) is 0 Å². The van der Waals surface area contributed by atoms with Crippen LogP contribution in [0.2, 0.25) is 0 Å². The van der Waals surface area contributed by atoms with Crippen LogP contribution >= 0.6 is 15.9 Å². The third-order valence-corrected chi connectivity index (χ3v) is 3.77. The Kier molecular flexibility index (Phi) is 5.75. The quantitative estimate of drug-likeness (QED) is 0.739. The smallest absolute Gasteiger partial charge is 0.227 e. The normalized spacial score (nSPS) is 13.2. The molecule has 0 radical (unpaired) electrons. The highest BCUT2D eigenvalue weighted by molar-refractivity contribution is 9.10. The molecular formula is C16H23BrFNO. The third-order valence-electron chi connectivity index (χ3n) is 3.16. The lowest BCUT2D eigenvalue weighted by atomic mass is 9.91. The van der Waals surface area contributed by atoms with Gasteiger partial charge in [-0.2, -0.15) is 0 Å². The van der Waals surface area contributed by atoms with Gasteiger partial charge in [0.1, 0.15) is 5.82 Å². The summed E-state index contributed by atoms with van der Waals surface area (Å²) in [6.45, 7) is 10.2. The Morgan fingerprint density at radius 3 is 2.45 bits per heavy atom. The minimum absolute atomic E-state index is 0.0694. The highest BCUT2D eigenvalue weighted by atomic mass is 79.9. The molecule has 1 atom stereocenters. The maximum absolute atomic E-state index is 13.4. The number of anilines is 1. The molecule has 0 aliphatic carbocycles. The van der Waals surface area contributed by atoms with Crippen LogP contribution in [0, 0.1) is 11.2 Å². The number of rotatable bonds is 4. The van der Waals surface area contributed by atoms with E-state index in [1.165, 1.54) is 6.07 Å². The number of nitrogens with zero attached hydrogens (tertiary/aromatic N) is 1. The maximum atomic E-state index is 13.4. The van der Waals surface area contributed by atoms with Crippen LogP contribution in [0.1, 0.15) is 47.5 Å². The predicted molar refractivity (Wildman–Crippen MR) is 85.4 cm³/mol. The molecule has 0 bridgehead atoms. The molecule has 0 aromatic heterocycles. The number of hydrogen-bond acceptors (Lipinski definition) is 1. The molecule has 4 heteroatoms. The van der Waals surface area contributed by atoms with Crippen molar-refractivity contribution >= 4 is 27.5 Å². The van der Waals surface area contributed by atoms with E-state index in [-0.39, 0.29) is 23.2 Å². The summed E-state index contributed by atoms with van der Waals surface area (Å²) < 4.78 is 13.7. The van der Waals surface area contributed by atoms with Gasteiger partial charge in [0.05, 0.1) is 4.47 Å². The predicted octanol–water partition coefficient (Wildman–Crippen LogP) is 5.16. The minimum Gasteiger partial charge on any atom is -0.310 e. The molecule has 112 valence electrons. The standard InChI is InChI=1S/C16H23BrFNO/c1-6-11(2)19(15(20)10-16(3,4)5)12-7-8-14(18)13(17)9-12/h7-9,11H,6,10H2,1-5H3. The molecule has 20 heavy (non-hydrogen) atoms. The first-order chi connectivity index (χ1) is 9.15. The van der Waals surface area contributed by atoms with E-state index in [4.69, 9.17) is 0 Å². The summed E-state index contributed by atoms with van der Waals surface area (Å²) in [7, 11) is 0. The van der Waals surface area contributed by atoms with Gasteiger partial charge in [-0.15, -0.1) is 0 Å². The number of hydrogen-bond donors (Lipinski definition) is 0. The first-order valence-electron chi connectivity index (χ1n) is 6.93. The molecule has 0 spiro atoms. The Balaban J connectivity index is 3.12. The van der Waals surface area contributed by atoms with Crippen LogP contribution in [0.3, 0.4) is 0 Å². The fourth-order valence-corrected chi connectivity index (χ4v) is 2.37. The lowest BCUT2D eigenvalue weighted by Crippen LogP contribution is -2.40. The van der Waals surface area contributed by atoms with Crippen LogP contribution in [0.4, 0.5) is 10.1 Å². The van der Waals surface area contributed by atoms with Crippen molar-refractivity contribution in [1.82, 2.24) is 0 Å². The molecule has 0 fully saturated rings. The van der Waals surface area contributed by atoms with Crippen LogP contribution in [0.5, 0.6) is 0 Å². The zero-order chi connectivity index (χ0) is 15.5. The summed E-state index contributed by atoms with van der Waals surface area (Å²) in [6, 6.07) is 4.80. The maximum Gasteiger partial charge on any atom is 0.227 e. The van der Waals surface area contributed by atoms with E-state index in [0.29, 0.717) is 10.9 Å². The molecule has 2 nitrogen and oxygen atoms in total. The van der Waals surface area contributed by atoms with Gasteiger partial charge in [0.2, 0.25) is 5.91 Å². The van der Waals surface area contributed by atoms with Crippen LogP contribution in [-0.2, 0) is 4.79 Å². The second-order valence-electron chi connectivity index (χ2n) is 6.36. The Hall–Kier alpha value is -0.900. The van der Waals surface area contributed by atoms with E-state index in [9.17, 15) is 9.18 Å². The van der Waals surface area contributed by atoms with Gasteiger partial charge in [-0.3, -0.25) is 4.79 Å². The summed E-state index contributed by atoms with van der Waals surface area (Å²) in [5.41, 5.74) is 0.668. The van der Waals surface area contributed by atoms with E-state index in [2.05, 4.69) is 15.9 Å². The number of benzene rings is 1. The molecule has 1 aromatic carbocycles. The number of amides is 1. The van der Waals surface area contributed by atoms with Crippen molar-refractivity contribution in [3.63, 3.8) is 0 Å². The summed E-state index contributed by atoms with van der Waals surface area (Å²) >= 11 is 3.18. The van der Waals surface area contributed by atoms with Crippen LogP contribution in [0.25, 0.3) is 0 Å².